The Balaban J connectivity index is 1.52. The number of nitrogens with zero attached hydrogens (tertiary/aromatic N) is 8. The van der Waals surface area contributed by atoms with Gasteiger partial charge in [-0.25, -0.2) is 14.4 Å². The van der Waals surface area contributed by atoms with Crippen molar-refractivity contribution in [3.05, 3.63) is 60.7 Å². The molecule has 10 nitrogen and oxygen atoms in total. The van der Waals surface area contributed by atoms with Crippen LogP contribution < -0.4 is 5.32 Å². The smallest absolute Gasteiger partial charge is 0.219 e. The van der Waals surface area contributed by atoms with E-state index in [0.717, 1.165) is 12.8 Å². The third kappa shape index (κ3) is 5.04. The third-order valence-corrected chi connectivity index (χ3v) is 6.29. The molecule has 0 radical (unpaired) electrons. The number of carbonyl (C=O) groups excluding carboxylic acids is 1. The minimum Gasteiger partial charge on any atom is -0.340 e. The second-order valence-electron chi connectivity index (χ2n) is 9.01. The fraction of sp³-hybridized carbons (Fsp3) is 0.320. The maximum Gasteiger partial charge on any atom is 0.219 e. The molecule has 4 heterocycles. The van der Waals surface area contributed by atoms with E-state index in [1.54, 1.807) is 55.6 Å². The monoisotopic (exact) mass is 487 g/mol. The van der Waals surface area contributed by atoms with Gasteiger partial charge in [-0.2, -0.15) is 0 Å². The lowest BCUT2D eigenvalue weighted by Crippen LogP contribution is -2.44. The van der Waals surface area contributed by atoms with Crippen LogP contribution in [0.3, 0.4) is 0 Å². The van der Waals surface area contributed by atoms with Gasteiger partial charge < -0.3 is 10.2 Å². The molecule has 1 saturated heterocycles. The molecular weight excluding hydrogens is 461 g/mol. The summed E-state index contributed by atoms with van der Waals surface area (Å²) in [6, 6.07) is 6.52. The van der Waals surface area contributed by atoms with Gasteiger partial charge >= 0.3 is 0 Å². The number of rotatable bonds is 5. The Morgan fingerprint density at radius 2 is 1.94 bits per heavy atom. The van der Waals surface area contributed by atoms with Gasteiger partial charge in [-0.05, 0) is 38.0 Å². The fourth-order valence-electron chi connectivity index (χ4n) is 4.47. The Bertz CT molecular complexity index is 1390. The lowest BCUT2D eigenvalue weighted by Gasteiger charge is -2.37. The van der Waals surface area contributed by atoms with Crippen molar-refractivity contribution >= 4 is 17.4 Å². The first-order valence-corrected chi connectivity index (χ1v) is 11.7. The summed E-state index contributed by atoms with van der Waals surface area (Å²) in [6.45, 7) is 4.18. The Morgan fingerprint density at radius 1 is 1.08 bits per heavy atom. The summed E-state index contributed by atoms with van der Waals surface area (Å²) in [5.74, 6) is 0.674. The molecule has 36 heavy (non-hydrogen) atoms. The normalized spacial score (nSPS) is 17.7. The third-order valence-electron chi connectivity index (χ3n) is 6.29. The number of hydrogen-bond acceptors (Lipinski definition) is 8. The average molecular weight is 488 g/mol. The van der Waals surface area contributed by atoms with Gasteiger partial charge in [0.1, 0.15) is 28.8 Å². The van der Waals surface area contributed by atoms with E-state index in [9.17, 15) is 9.18 Å². The molecular formula is C25H26FN9O. The Labute approximate surface area is 207 Å². The van der Waals surface area contributed by atoms with Crippen LogP contribution in [0.15, 0.2) is 49.1 Å². The van der Waals surface area contributed by atoms with Crippen LogP contribution in [0.2, 0.25) is 0 Å². The number of amides is 1. The molecule has 0 saturated carbocycles. The van der Waals surface area contributed by atoms with Crippen molar-refractivity contribution < 1.29 is 9.18 Å². The van der Waals surface area contributed by atoms with Gasteiger partial charge in [0, 0.05) is 62.2 Å². The maximum atomic E-state index is 14.5. The number of hydrogen-bond donors (Lipinski definition) is 1. The van der Waals surface area contributed by atoms with Gasteiger partial charge in [-0.1, -0.05) is 5.21 Å². The number of anilines is 2. The fourth-order valence-corrected chi connectivity index (χ4v) is 4.47. The number of carbonyl (C=O) groups is 1. The number of piperidine rings is 1. The minimum absolute atomic E-state index is 0.0342. The quantitative estimate of drug-likeness (QED) is 0.453. The summed E-state index contributed by atoms with van der Waals surface area (Å²) in [6.07, 6.45) is 8.26. The summed E-state index contributed by atoms with van der Waals surface area (Å²) < 4.78 is 16.1. The van der Waals surface area contributed by atoms with Crippen molar-refractivity contribution in [2.45, 2.75) is 38.6 Å². The lowest BCUT2D eigenvalue weighted by atomic mass is 9.92. The van der Waals surface area contributed by atoms with Gasteiger partial charge in [0.15, 0.2) is 0 Å². The predicted molar refractivity (Wildman–Crippen MR) is 132 cm³/mol. The van der Waals surface area contributed by atoms with E-state index in [2.05, 4.69) is 32.5 Å². The van der Waals surface area contributed by atoms with Crippen LogP contribution in [-0.2, 0) is 11.8 Å². The molecule has 184 valence electrons. The topological polar surface area (TPSA) is 115 Å². The molecule has 1 aliphatic heterocycles. The van der Waals surface area contributed by atoms with Crippen LogP contribution in [0.5, 0.6) is 0 Å². The van der Waals surface area contributed by atoms with E-state index < -0.39 is 5.82 Å². The van der Waals surface area contributed by atoms with Crippen LogP contribution in [0.25, 0.3) is 22.6 Å². The highest BCUT2D eigenvalue weighted by Crippen LogP contribution is 2.31. The predicted octanol–water partition coefficient (Wildman–Crippen LogP) is 3.73. The average Bonchev–Trinajstić information content (AvgIpc) is 3.30. The minimum atomic E-state index is -0.414. The van der Waals surface area contributed by atoms with E-state index in [-0.39, 0.29) is 17.9 Å². The second kappa shape index (κ2) is 9.76. The molecule has 1 amide bonds. The molecule has 5 rings (SSSR count). The summed E-state index contributed by atoms with van der Waals surface area (Å²) in [5, 5.41) is 11.2. The molecule has 0 bridgehead atoms. The zero-order valence-electron chi connectivity index (χ0n) is 20.3. The SMILES string of the molecule is CC(=O)N1C[C@H](c2nc(Nc3cc(F)cc(-c4cn(C)nn4)c3)cc(-c3cnccn3)n2)CC[C@@H]1C. The van der Waals surface area contributed by atoms with Crippen molar-refractivity contribution in [2.75, 3.05) is 11.9 Å². The van der Waals surface area contributed by atoms with Crippen LogP contribution >= 0.6 is 0 Å². The molecule has 2 atom stereocenters. The van der Waals surface area contributed by atoms with Gasteiger partial charge in [0.05, 0.1) is 18.1 Å². The molecule has 1 N–H and O–H groups in total. The summed E-state index contributed by atoms with van der Waals surface area (Å²) in [4.78, 5) is 32.1. The van der Waals surface area contributed by atoms with Crippen LogP contribution in [0, 0.1) is 5.82 Å². The standard InChI is InChI=1S/C25H26FN9O/c1-15-4-5-17(13-35(15)16(2)36)25-30-21(22-12-27-6-7-28-22)11-24(31-25)29-20-9-18(8-19(26)10-20)23-14-34(3)33-32-23/h6-12,14-15,17H,4-5,13H2,1-3H3,(H,29,30,31)/t15-,17+/m0/s1. The molecule has 1 fully saturated rings. The number of likely N-dealkylation sites (tertiary alicyclic amines) is 1. The van der Waals surface area contributed by atoms with E-state index in [1.165, 1.54) is 12.1 Å². The summed E-state index contributed by atoms with van der Waals surface area (Å²) in [5.41, 5.74) is 2.84. The van der Waals surface area contributed by atoms with E-state index >= 15 is 0 Å². The first-order chi connectivity index (χ1) is 17.4. The Hall–Kier alpha value is -4.28. The van der Waals surface area contributed by atoms with Gasteiger partial charge in [0.2, 0.25) is 5.91 Å². The molecule has 1 aliphatic rings. The Kier molecular flexibility index (Phi) is 6.36. The van der Waals surface area contributed by atoms with Crippen molar-refractivity contribution in [1.29, 1.82) is 0 Å². The zero-order chi connectivity index (χ0) is 25.2. The summed E-state index contributed by atoms with van der Waals surface area (Å²) >= 11 is 0. The lowest BCUT2D eigenvalue weighted by molar-refractivity contribution is -0.132. The van der Waals surface area contributed by atoms with Crippen LogP contribution in [0.1, 0.15) is 38.4 Å². The first-order valence-electron chi connectivity index (χ1n) is 11.7. The molecule has 0 unspecified atom stereocenters. The van der Waals surface area contributed by atoms with Crippen LogP contribution in [-0.4, -0.2) is 58.3 Å². The largest absolute Gasteiger partial charge is 0.340 e. The van der Waals surface area contributed by atoms with Crippen molar-refractivity contribution in [2.24, 2.45) is 7.05 Å². The van der Waals surface area contributed by atoms with Gasteiger partial charge in [-0.15, -0.1) is 5.10 Å². The molecule has 4 aromatic rings. The van der Waals surface area contributed by atoms with Crippen LogP contribution in [0.4, 0.5) is 15.9 Å². The van der Waals surface area contributed by atoms with E-state index in [1.807, 2.05) is 4.90 Å². The van der Waals surface area contributed by atoms with Gasteiger partial charge in [-0.3, -0.25) is 19.4 Å². The number of halogens is 1. The number of aromatic nitrogens is 7. The number of benzene rings is 1. The van der Waals surface area contributed by atoms with Gasteiger partial charge in [0.25, 0.3) is 0 Å². The van der Waals surface area contributed by atoms with E-state index in [0.29, 0.717) is 46.5 Å². The highest BCUT2D eigenvalue weighted by Gasteiger charge is 2.30. The maximum absolute atomic E-state index is 14.5. The first kappa shape index (κ1) is 23.5. The number of nitrogens with one attached hydrogen (secondary N) is 1. The van der Waals surface area contributed by atoms with Crippen molar-refractivity contribution in [1.82, 2.24) is 39.8 Å². The molecule has 11 heteroatoms. The van der Waals surface area contributed by atoms with Crippen molar-refractivity contribution in [3.8, 4) is 22.6 Å². The number of aryl methyl sites for hydroxylation is 1. The highest BCUT2D eigenvalue weighted by molar-refractivity contribution is 5.74. The van der Waals surface area contributed by atoms with E-state index in [4.69, 9.17) is 9.97 Å². The summed E-state index contributed by atoms with van der Waals surface area (Å²) in [7, 11) is 1.75. The molecule has 1 aromatic carbocycles. The molecule has 0 spiro atoms. The molecule has 3 aromatic heterocycles. The zero-order valence-corrected chi connectivity index (χ0v) is 20.3. The molecule has 0 aliphatic carbocycles. The van der Waals surface area contributed by atoms with Crippen molar-refractivity contribution in [3.63, 3.8) is 0 Å². The Morgan fingerprint density at radius 3 is 2.67 bits per heavy atom. The second-order valence-corrected chi connectivity index (χ2v) is 9.01. The highest BCUT2D eigenvalue weighted by atomic mass is 19.1.